The number of esters is 1. The largest absolute Gasteiger partial charge is 0.452 e. The third kappa shape index (κ3) is 5.53. The Morgan fingerprint density at radius 1 is 1.36 bits per heavy atom. The van der Waals surface area contributed by atoms with Gasteiger partial charge in [0.25, 0.3) is 5.91 Å². The molecule has 1 N–H and O–H groups in total. The molecule has 0 aliphatic carbocycles. The molecule has 0 aliphatic heterocycles. The number of anilines is 1. The van der Waals surface area contributed by atoms with E-state index in [9.17, 15) is 24.1 Å². The first-order chi connectivity index (χ1) is 11.8. The van der Waals surface area contributed by atoms with Gasteiger partial charge in [-0.15, -0.1) is 0 Å². The van der Waals surface area contributed by atoms with Crippen LogP contribution in [0.4, 0.5) is 15.8 Å². The molecule has 25 heavy (non-hydrogen) atoms. The zero-order chi connectivity index (χ0) is 18.4. The van der Waals surface area contributed by atoms with Gasteiger partial charge in [-0.2, -0.15) is 4.39 Å². The number of hydrogen-bond acceptors (Lipinski definition) is 6. The molecule has 0 saturated heterocycles. The van der Waals surface area contributed by atoms with Crippen LogP contribution in [0.3, 0.4) is 0 Å². The van der Waals surface area contributed by atoms with Crippen molar-refractivity contribution in [3.05, 3.63) is 62.8 Å². The normalized spacial score (nSPS) is 10.6. The van der Waals surface area contributed by atoms with Gasteiger partial charge in [-0.3, -0.25) is 14.9 Å². The monoisotopic (exact) mass is 412 g/mol. The van der Waals surface area contributed by atoms with E-state index in [1.807, 2.05) is 0 Å². The van der Waals surface area contributed by atoms with Gasteiger partial charge in [0.1, 0.15) is 5.76 Å². The molecule has 0 unspecified atom stereocenters. The van der Waals surface area contributed by atoms with Crippen molar-refractivity contribution in [1.82, 2.24) is 0 Å². The number of ether oxygens (including phenoxy) is 1. The third-order valence-corrected chi connectivity index (χ3v) is 3.18. The molecule has 1 aromatic carbocycles. The summed E-state index contributed by atoms with van der Waals surface area (Å²) in [5, 5.41) is 12.9. The van der Waals surface area contributed by atoms with Crippen LogP contribution < -0.4 is 5.32 Å². The lowest BCUT2D eigenvalue weighted by atomic mass is 10.2. The van der Waals surface area contributed by atoms with Gasteiger partial charge in [0, 0.05) is 17.8 Å². The molecule has 0 atom stereocenters. The Hall–Kier alpha value is -3.01. The molecule has 0 spiro atoms. The standard InChI is InChI=1S/C15H10BrFN2O6/c16-13-5-2-10(25-13)3-6-15(21)24-8-14(20)18-9-1-4-11(17)12(7-9)19(22)23/h1-7H,8H2,(H,18,20)/b6-3+. The molecule has 0 radical (unpaired) electrons. The maximum Gasteiger partial charge on any atom is 0.331 e. The number of nitrogens with zero attached hydrogens (tertiary/aromatic N) is 1. The number of carbonyl (C=O) groups is 2. The SMILES string of the molecule is O=C(COC(=O)/C=C/c1ccc(Br)o1)Nc1ccc(F)c([N+](=O)[O-])c1. The Bertz CT molecular complexity index is 848. The van der Waals surface area contributed by atoms with Crippen LogP contribution in [0.2, 0.25) is 0 Å². The lowest BCUT2D eigenvalue weighted by molar-refractivity contribution is -0.387. The van der Waals surface area contributed by atoms with Gasteiger partial charge in [-0.05, 0) is 46.3 Å². The van der Waals surface area contributed by atoms with E-state index in [2.05, 4.69) is 21.2 Å². The predicted molar refractivity (Wildman–Crippen MR) is 88.1 cm³/mol. The van der Waals surface area contributed by atoms with Gasteiger partial charge in [0.05, 0.1) is 4.92 Å². The summed E-state index contributed by atoms with van der Waals surface area (Å²) < 4.78 is 23.5. The van der Waals surface area contributed by atoms with Crippen LogP contribution in [0.15, 0.2) is 45.5 Å². The van der Waals surface area contributed by atoms with Gasteiger partial charge < -0.3 is 14.5 Å². The van der Waals surface area contributed by atoms with Crippen LogP contribution in [0.25, 0.3) is 6.08 Å². The molecule has 0 bridgehead atoms. The molecule has 0 aliphatic rings. The van der Waals surface area contributed by atoms with Crippen molar-refractivity contribution in [2.24, 2.45) is 0 Å². The van der Waals surface area contributed by atoms with Crippen molar-refractivity contribution in [1.29, 1.82) is 0 Å². The highest BCUT2D eigenvalue weighted by Crippen LogP contribution is 2.21. The molecule has 1 aromatic heterocycles. The number of benzene rings is 1. The minimum atomic E-state index is -1.02. The number of nitrogens with one attached hydrogen (secondary N) is 1. The summed E-state index contributed by atoms with van der Waals surface area (Å²) in [5.41, 5.74) is -0.771. The molecule has 0 fully saturated rings. The first kappa shape index (κ1) is 18.3. The van der Waals surface area contributed by atoms with E-state index < -0.39 is 34.9 Å². The van der Waals surface area contributed by atoms with E-state index in [4.69, 9.17) is 9.15 Å². The van der Waals surface area contributed by atoms with Crippen molar-refractivity contribution in [3.63, 3.8) is 0 Å². The van der Waals surface area contributed by atoms with Crippen molar-refractivity contribution >= 4 is 45.3 Å². The minimum absolute atomic E-state index is 0.00475. The van der Waals surface area contributed by atoms with E-state index in [-0.39, 0.29) is 5.69 Å². The summed E-state index contributed by atoms with van der Waals surface area (Å²) in [4.78, 5) is 32.9. The average Bonchev–Trinajstić information content (AvgIpc) is 2.98. The smallest absolute Gasteiger partial charge is 0.331 e. The van der Waals surface area contributed by atoms with E-state index in [0.29, 0.717) is 10.4 Å². The van der Waals surface area contributed by atoms with Crippen LogP contribution in [-0.4, -0.2) is 23.4 Å². The highest BCUT2D eigenvalue weighted by atomic mass is 79.9. The zero-order valence-corrected chi connectivity index (χ0v) is 14.0. The first-order valence-corrected chi connectivity index (χ1v) is 7.48. The molecule has 1 amide bonds. The molecule has 2 rings (SSSR count). The van der Waals surface area contributed by atoms with Crippen LogP contribution in [-0.2, 0) is 14.3 Å². The summed E-state index contributed by atoms with van der Waals surface area (Å²) in [6, 6.07) is 6.12. The van der Waals surface area contributed by atoms with Crippen molar-refractivity contribution < 1.29 is 28.1 Å². The highest BCUT2D eigenvalue weighted by Gasteiger charge is 2.15. The van der Waals surface area contributed by atoms with Crippen LogP contribution in [0.5, 0.6) is 0 Å². The summed E-state index contributed by atoms with van der Waals surface area (Å²) in [5.74, 6) is -2.13. The Morgan fingerprint density at radius 3 is 2.76 bits per heavy atom. The summed E-state index contributed by atoms with van der Waals surface area (Å²) in [6.07, 6.45) is 2.43. The average molecular weight is 413 g/mol. The Labute approximate surface area is 148 Å². The highest BCUT2D eigenvalue weighted by molar-refractivity contribution is 9.10. The van der Waals surface area contributed by atoms with Crippen LogP contribution >= 0.6 is 15.9 Å². The Kier molecular flexibility index (Phi) is 6.01. The van der Waals surface area contributed by atoms with Gasteiger partial charge in [0.2, 0.25) is 5.82 Å². The van der Waals surface area contributed by atoms with E-state index in [0.717, 1.165) is 24.3 Å². The number of nitro benzene ring substituents is 1. The quantitative estimate of drug-likeness (QED) is 0.337. The maximum atomic E-state index is 13.2. The second-order valence-corrected chi connectivity index (χ2v) is 5.34. The molecular weight excluding hydrogens is 403 g/mol. The van der Waals surface area contributed by atoms with Gasteiger partial charge in [-0.1, -0.05) is 0 Å². The first-order valence-electron chi connectivity index (χ1n) is 6.69. The number of amides is 1. The molecule has 0 saturated carbocycles. The number of furan rings is 1. The van der Waals surface area contributed by atoms with E-state index in [1.165, 1.54) is 6.08 Å². The van der Waals surface area contributed by atoms with Gasteiger partial charge in [0.15, 0.2) is 11.3 Å². The fraction of sp³-hybridized carbons (Fsp3) is 0.0667. The lowest BCUT2D eigenvalue weighted by Gasteiger charge is -2.05. The molecule has 2 aromatic rings. The lowest BCUT2D eigenvalue weighted by Crippen LogP contribution is -2.20. The second-order valence-electron chi connectivity index (χ2n) is 4.55. The predicted octanol–water partition coefficient (Wildman–Crippen LogP) is 3.28. The summed E-state index contributed by atoms with van der Waals surface area (Å²) >= 11 is 3.10. The van der Waals surface area contributed by atoms with Crippen molar-refractivity contribution in [3.8, 4) is 0 Å². The third-order valence-electron chi connectivity index (χ3n) is 2.75. The molecule has 8 nitrogen and oxygen atoms in total. The molecule has 10 heteroatoms. The van der Waals surface area contributed by atoms with Gasteiger partial charge >= 0.3 is 11.7 Å². The van der Waals surface area contributed by atoms with Crippen LogP contribution in [0, 0.1) is 15.9 Å². The van der Waals surface area contributed by atoms with E-state index in [1.54, 1.807) is 12.1 Å². The van der Waals surface area contributed by atoms with Crippen molar-refractivity contribution in [2.45, 2.75) is 0 Å². The maximum absolute atomic E-state index is 13.2. The topological polar surface area (TPSA) is 112 Å². The number of hydrogen-bond donors (Lipinski definition) is 1. The van der Waals surface area contributed by atoms with Gasteiger partial charge in [-0.25, -0.2) is 4.79 Å². The molecule has 1 heterocycles. The number of halogens is 2. The fourth-order valence-electron chi connectivity index (χ4n) is 1.68. The minimum Gasteiger partial charge on any atom is -0.452 e. The Balaban J connectivity index is 1.86. The summed E-state index contributed by atoms with van der Waals surface area (Å²) in [6.45, 7) is -0.615. The molecule has 130 valence electrons. The van der Waals surface area contributed by atoms with E-state index >= 15 is 0 Å². The zero-order valence-electron chi connectivity index (χ0n) is 12.4. The number of carbonyl (C=O) groups excluding carboxylic acids is 2. The Morgan fingerprint density at radius 2 is 2.12 bits per heavy atom. The van der Waals surface area contributed by atoms with Crippen LogP contribution in [0.1, 0.15) is 5.76 Å². The summed E-state index contributed by atoms with van der Waals surface area (Å²) in [7, 11) is 0. The number of rotatable bonds is 6. The molecular formula is C15H10BrFN2O6. The van der Waals surface area contributed by atoms with Crippen molar-refractivity contribution in [2.75, 3.05) is 11.9 Å². The fourth-order valence-corrected chi connectivity index (χ4v) is 2.00. The number of nitro groups is 1. The second kappa shape index (κ2) is 8.20.